The summed E-state index contributed by atoms with van der Waals surface area (Å²) < 4.78 is 6.55. The smallest absolute Gasteiger partial charge is 0.326 e. The van der Waals surface area contributed by atoms with Crippen LogP contribution in [-0.2, 0) is 4.79 Å². The Balaban J connectivity index is 2.82. The molecule has 0 saturated heterocycles. The fourth-order valence-electron chi connectivity index (χ4n) is 1.89. The van der Waals surface area contributed by atoms with Crippen molar-refractivity contribution in [3.63, 3.8) is 0 Å². The van der Waals surface area contributed by atoms with Crippen molar-refractivity contribution in [1.82, 2.24) is 4.57 Å². The topological polar surface area (TPSA) is 68.5 Å². The number of pyridine rings is 1. The third kappa shape index (κ3) is 2.29. The van der Waals surface area contributed by atoms with Crippen LogP contribution in [-0.4, -0.2) is 22.8 Å². The average molecular weight is 282 g/mol. The molecule has 0 aliphatic heterocycles. The molecular weight excluding hydrogens is 270 g/mol. The zero-order valence-electron chi connectivity index (χ0n) is 10.4. The number of aliphatic carboxylic acids is 1. The predicted octanol–water partition coefficient (Wildman–Crippen LogP) is 2.31. The molecule has 0 amide bonds. The lowest BCUT2D eigenvalue weighted by atomic mass is 10.1. The van der Waals surface area contributed by atoms with Gasteiger partial charge >= 0.3 is 5.97 Å². The van der Waals surface area contributed by atoms with Gasteiger partial charge in [-0.05, 0) is 19.1 Å². The first-order valence-corrected chi connectivity index (χ1v) is 5.94. The molecule has 0 unspecified atom stereocenters. The van der Waals surface area contributed by atoms with Gasteiger partial charge in [-0.1, -0.05) is 11.6 Å². The molecular formula is C13H12ClNO4. The minimum atomic E-state index is -0.989. The zero-order chi connectivity index (χ0) is 14.2. The SMILES string of the molecule is COc1cc2c(=O)ccn([C@H](C)C(=O)O)c2cc1Cl. The number of methoxy groups -OCH3 is 1. The van der Waals surface area contributed by atoms with E-state index in [4.69, 9.17) is 21.4 Å². The van der Waals surface area contributed by atoms with Gasteiger partial charge in [-0.3, -0.25) is 4.79 Å². The Morgan fingerprint density at radius 2 is 2.16 bits per heavy atom. The number of benzene rings is 1. The minimum absolute atomic E-state index is 0.209. The standard InChI is InChI=1S/C13H12ClNO4/c1-7(13(17)18)15-4-3-11(16)8-5-12(19-2)9(14)6-10(8)15/h3-7H,1-2H3,(H,17,18)/t7-/m1/s1. The van der Waals surface area contributed by atoms with Crippen molar-refractivity contribution in [3.8, 4) is 5.75 Å². The average Bonchev–Trinajstić information content (AvgIpc) is 2.38. The summed E-state index contributed by atoms with van der Waals surface area (Å²) in [6, 6.07) is 3.59. The highest BCUT2D eigenvalue weighted by atomic mass is 35.5. The monoisotopic (exact) mass is 281 g/mol. The fourth-order valence-corrected chi connectivity index (χ4v) is 2.12. The third-order valence-electron chi connectivity index (χ3n) is 2.97. The van der Waals surface area contributed by atoms with E-state index in [0.717, 1.165) is 0 Å². The van der Waals surface area contributed by atoms with Crippen LogP contribution < -0.4 is 10.2 Å². The van der Waals surface area contributed by atoms with E-state index < -0.39 is 12.0 Å². The lowest BCUT2D eigenvalue weighted by Crippen LogP contribution is -2.18. The normalized spacial score (nSPS) is 12.4. The van der Waals surface area contributed by atoms with Crippen LogP contribution in [0.5, 0.6) is 5.75 Å². The van der Waals surface area contributed by atoms with Crippen molar-refractivity contribution in [2.24, 2.45) is 0 Å². The van der Waals surface area contributed by atoms with Crippen LogP contribution in [0.1, 0.15) is 13.0 Å². The first-order chi connectivity index (χ1) is 8.95. The fraction of sp³-hybridized carbons (Fsp3) is 0.231. The van der Waals surface area contributed by atoms with Gasteiger partial charge in [0.05, 0.1) is 17.6 Å². The summed E-state index contributed by atoms with van der Waals surface area (Å²) in [6.45, 7) is 1.53. The van der Waals surface area contributed by atoms with Gasteiger partial charge in [-0.15, -0.1) is 0 Å². The van der Waals surface area contributed by atoms with Gasteiger partial charge in [-0.25, -0.2) is 4.79 Å². The van der Waals surface area contributed by atoms with Gasteiger partial charge in [-0.2, -0.15) is 0 Å². The van der Waals surface area contributed by atoms with Crippen LogP contribution in [0.3, 0.4) is 0 Å². The number of hydrogen-bond donors (Lipinski definition) is 1. The molecule has 2 rings (SSSR count). The quantitative estimate of drug-likeness (QED) is 0.937. The summed E-state index contributed by atoms with van der Waals surface area (Å²) in [4.78, 5) is 22.9. The number of carbonyl (C=O) groups is 1. The number of ether oxygens (including phenoxy) is 1. The second kappa shape index (κ2) is 4.93. The van der Waals surface area contributed by atoms with Crippen LogP contribution in [0.2, 0.25) is 5.02 Å². The van der Waals surface area contributed by atoms with Gasteiger partial charge in [0.2, 0.25) is 0 Å². The highest BCUT2D eigenvalue weighted by molar-refractivity contribution is 6.32. The van der Waals surface area contributed by atoms with Crippen molar-refractivity contribution in [3.05, 3.63) is 39.6 Å². The Bertz CT molecular complexity index is 708. The lowest BCUT2D eigenvalue weighted by Gasteiger charge is -2.15. The Morgan fingerprint density at radius 1 is 1.47 bits per heavy atom. The summed E-state index contributed by atoms with van der Waals surface area (Å²) in [7, 11) is 1.45. The van der Waals surface area contributed by atoms with E-state index >= 15 is 0 Å². The molecule has 1 N–H and O–H groups in total. The van der Waals surface area contributed by atoms with E-state index in [9.17, 15) is 9.59 Å². The Hall–Kier alpha value is -2.01. The van der Waals surface area contributed by atoms with Gasteiger partial charge in [0.1, 0.15) is 11.8 Å². The molecule has 19 heavy (non-hydrogen) atoms. The maximum absolute atomic E-state index is 11.8. The predicted molar refractivity (Wildman–Crippen MR) is 72.1 cm³/mol. The van der Waals surface area contributed by atoms with Crippen molar-refractivity contribution < 1.29 is 14.6 Å². The number of nitrogens with zero attached hydrogens (tertiary/aromatic N) is 1. The summed E-state index contributed by atoms with van der Waals surface area (Å²) in [5.41, 5.74) is 0.256. The maximum Gasteiger partial charge on any atom is 0.326 e. The van der Waals surface area contributed by atoms with E-state index in [1.807, 2.05) is 0 Å². The summed E-state index contributed by atoms with van der Waals surface area (Å²) in [5, 5.41) is 9.78. The highest BCUT2D eigenvalue weighted by Gasteiger charge is 2.16. The molecule has 6 heteroatoms. The largest absolute Gasteiger partial charge is 0.495 e. The molecule has 1 aromatic carbocycles. The Kier molecular flexibility index (Phi) is 3.48. The molecule has 1 aromatic heterocycles. The molecule has 1 heterocycles. The third-order valence-corrected chi connectivity index (χ3v) is 3.27. The first-order valence-electron chi connectivity index (χ1n) is 5.57. The van der Waals surface area contributed by atoms with Crippen LogP contribution in [0.15, 0.2) is 29.2 Å². The molecule has 0 radical (unpaired) electrons. The van der Waals surface area contributed by atoms with Gasteiger partial charge < -0.3 is 14.4 Å². The summed E-state index contributed by atoms with van der Waals surface area (Å²) >= 11 is 6.02. The number of carboxylic acid groups (broad SMARTS) is 1. The van der Waals surface area contributed by atoms with Crippen LogP contribution in [0, 0.1) is 0 Å². The number of halogens is 1. The van der Waals surface area contributed by atoms with E-state index in [2.05, 4.69) is 0 Å². The molecule has 2 aromatic rings. The maximum atomic E-state index is 11.8. The van der Waals surface area contributed by atoms with Crippen LogP contribution in [0.4, 0.5) is 0 Å². The molecule has 0 saturated carbocycles. The van der Waals surface area contributed by atoms with E-state index in [-0.39, 0.29) is 5.43 Å². The number of rotatable bonds is 3. The molecule has 100 valence electrons. The molecule has 0 aliphatic rings. The minimum Gasteiger partial charge on any atom is -0.495 e. The number of hydrogen-bond acceptors (Lipinski definition) is 3. The van der Waals surface area contributed by atoms with E-state index in [0.29, 0.717) is 21.7 Å². The van der Waals surface area contributed by atoms with Crippen LogP contribution in [0.25, 0.3) is 10.9 Å². The van der Waals surface area contributed by atoms with Gasteiger partial charge in [0.25, 0.3) is 0 Å². The van der Waals surface area contributed by atoms with E-state index in [1.54, 1.807) is 0 Å². The van der Waals surface area contributed by atoms with Crippen LogP contribution >= 0.6 is 11.6 Å². The van der Waals surface area contributed by atoms with Gasteiger partial charge in [0.15, 0.2) is 5.43 Å². The molecule has 0 bridgehead atoms. The van der Waals surface area contributed by atoms with Crippen molar-refractivity contribution >= 4 is 28.5 Å². The molecule has 0 fully saturated rings. The van der Waals surface area contributed by atoms with Crippen molar-refractivity contribution in [1.29, 1.82) is 0 Å². The molecule has 1 atom stereocenters. The summed E-state index contributed by atoms with van der Waals surface area (Å²) in [5.74, 6) is -0.608. The Labute approximate surface area is 114 Å². The van der Waals surface area contributed by atoms with E-state index in [1.165, 1.54) is 43.0 Å². The second-order valence-electron chi connectivity index (χ2n) is 4.11. The zero-order valence-corrected chi connectivity index (χ0v) is 11.1. The molecule has 0 aliphatic carbocycles. The highest BCUT2D eigenvalue weighted by Crippen LogP contribution is 2.29. The van der Waals surface area contributed by atoms with Gasteiger partial charge in [0, 0.05) is 17.6 Å². The Morgan fingerprint density at radius 3 is 2.74 bits per heavy atom. The number of aromatic nitrogens is 1. The van der Waals surface area contributed by atoms with Crippen molar-refractivity contribution in [2.75, 3.05) is 7.11 Å². The number of fused-ring (bicyclic) bond motifs is 1. The second-order valence-corrected chi connectivity index (χ2v) is 4.51. The number of carboxylic acids is 1. The molecule has 5 nitrogen and oxygen atoms in total. The lowest BCUT2D eigenvalue weighted by molar-refractivity contribution is -0.140. The summed E-state index contributed by atoms with van der Waals surface area (Å²) in [6.07, 6.45) is 1.45. The molecule has 0 spiro atoms. The first kappa shape index (κ1) is 13.4. The van der Waals surface area contributed by atoms with Crippen molar-refractivity contribution in [2.45, 2.75) is 13.0 Å².